The van der Waals surface area contributed by atoms with Crippen LogP contribution < -0.4 is 0 Å². The normalized spacial score (nSPS) is 11.7. The second-order valence-corrected chi connectivity index (χ2v) is 3.46. The fourth-order valence-electron chi connectivity index (χ4n) is 1.44. The zero-order valence-corrected chi connectivity index (χ0v) is 8.77. The first-order valence-corrected chi connectivity index (χ1v) is 4.77. The average Bonchev–Trinajstić information content (AvgIpc) is 2.27. The summed E-state index contributed by atoms with van der Waals surface area (Å²) in [5, 5.41) is 8.85. The molecule has 0 aliphatic heterocycles. The van der Waals surface area contributed by atoms with Crippen molar-refractivity contribution in [2.24, 2.45) is 0 Å². The van der Waals surface area contributed by atoms with Gasteiger partial charge >= 0.3 is 12.1 Å². The lowest BCUT2D eigenvalue weighted by Gasteiger charge is -2.07. The number of halogens is 3. The molecule has 18 heavy (non-hydrogen) atoms. The summed E-state index contributed by atoms with van der Waals surface area (Å²) in [4.78, 5) is 21.3. The van der Waals surface area contributed by atoms with Gasteiger partial charge in [-0.1, -0.05) is 0 Å². The summed E-state index contributed by atoms with van der Waals surface area (Å²) in [7, 11) is 0. The smallest absolute Gasteiger partial charge is 0.433 e. The van der Waals surface area contributed by atoms with Crippen molar-refractivity contribution in [1.29, 1.82) is 0 Å². The number of rotatable bonds is 2. The van der Waals surface area contributed by atoms with Crippen molar-refractivity contribution in [3.05, 3.63) is 29.8 Å². The number of carbonyl (C=O) groups is 1. The molecule has 0 aromatic carbocycles. The van der Waals surface area contributed by atoms with Gasteiger partial charge in [0.15, 0.2) is 5.65 Å². The van der Waals surface area contributed by atoms with Gasteiger partial charge < -0.3 is 5.11 Å². The summed E-state index contributed by atoms with van der Waals surface area (Å²) in [6, 6.07) is 1.90. The molecule has 0 atom stereocenters. The third kappa shape index (κ3) is 2.36. The number of hydrogen-bond acceptors (Lipinski definition) is 4. The summed E-state index contributed by atoms with van der Waals surface area (Å²) in [6.45, 7) is 0. The predicted molar refractivity (Wildman–Crippen MR) is 53.7 cm³/mol. The number of aromatic nitrogens is 3. The largest absolute Gasteiger partial charge is 0.481 e. The van der Waals surface area contributed by atoms with Crippen LogP contribution in [-0.2, 0) is 17.4 Å². The van der Waals surface area contributed by atoms with Gasteiger partial charge in [-0.25, -0.2) is 15.0 Å². The Morgan fingerprint density at radius 2 is 2.00 bits per heavy atom. The highest BCUT2D eigenvalue weighted by Crippen LogP contribution is 2.28. The Hall–Kier alpha value is -2.25. The molecule has 2 rings (SSSR count). The quantitative estimate of drug-likeness (QED) is 0.885. The molecule has 8 heteroatoms. The molecule has 0 aliphatic carbocycles. The molecular weight excluding hydrogens is 251 g/mol. The summed E-state index contributed by atoms with van der Waals surface area (Å²) in [6.07, 6.45) is -3.97. The fourth-order valence-corrected chi connectivity index (χ4v) is 1.44. The molecule has 0 fully saturated rings. The standard InChI is InChI=1S/C10H6F3N3O2/c11-10(12,13)7-2-1-5-6(3-8(17)18)14-4-15-9(5)16-7/h1-2,4H,3H2,(H,17,18). The minimum absolute atomic E-state index is 0.133. The molecular formula is C10H6F3N3O2. The van der Waals surface area contributed by atoms with Gasteiger partial charge in [0.2, 0.25) is 0 Å². The van der Waals surface area contributed by atoms with E-state index in [0.717, 1.165) is 18.5 Å². The van der Waals surface area contributed by atoms with Crippen molar-refractivity contribution in [2.45, 2.75) is 12.6 Å². The molecule has 0 unspecified atom stereocenters. The first-order valence-electron chi connectivity index (χ1n) is 4.77. The number of carboxylic acids is 1. The lowest BCUT2D eigenvalue weighted by Crippen LogP contribution is -2.09. The SMILES string of the molecule is O=C(O)Cc1ncnc2nc(C(F)(F)F)ccc12. The van der Waals surface area contributed by atoms with Gasteiger partial charge in [-0.3, -0.25) is 4.79 Å². The highest BCUT2D eigenvalue weighted by atomic mass is 19.4. The molecule has 0 saturated heterocycles. The Morgan fingerprint density at radius 3 is 2.61 bits per heavy atom. The number of nitrogens with zero attached hydrogens (tertiary/aromatic N) is 3. The number of fused-ring (bicyclic) bond motifs is 1. The Balaban J connectivity index is 2.57. The van der Waals surface area contributed by atoms with Crippen LogP contribution in [0.2, 0.25) is 0 Å². The second-order valence-electron chi connectivity index (χ2n) is 3.46. The Bertz CT molecular complexity index is 613. The van der Waals surface area contributed by atoms with E-state index in [1.807, 2.05) is 0 Å². The van der Waals surface area contributed by atoms with Gasteiger partial charge in [0.25, 0.3) is 0 Å². The summed E-state index contributed by atoms with van der Waals surface area (Å²) < 4.78 is 37.3. The molecule has 2 heterocycles. The topological polar surface area (TPSA) is 76.0 Å². The molecule has 0 aliphatic rings. The number of carboxylic acid groups (broad SMARTS) is 1. The van der Waals surface area contributed by atoms with Crippen LogP contribution in [0.1, 0.15) is 11.4 Å². The summed E-state index contributed by atoms with van der Waals surface area (Å²) in [5.41, 5.74) is -1.11. The number of hydrogen-bond donors (Lipinski definition) is 1. The van der Waals surface area contributed by atoms with Gasteiger partial charge in [-0.05, 0) is 12.1 Å². The summed E-state index contributed by atoms with van der Waals surface area (Å²) >= 11 is 0. The Kier molecular flexibility index (Phi) is 2.85. The Morgan fingerprint density at radius 1 is 1.28 bits per heavy atom. The van der Waals surface area contributed by atoms with E-state index in [-0.39, 0.29) is 16.7 Å². The molecule has 94 valence electrons. The average molecular weight is 257 g/mol. The van der Waals surface area contributed by atoms with Crippen LogP contribution in [0.3, 0.4) is 0 Å². The highest BCUT2D eigenvalue weighted by Gasteiger charge is 2.32. The zero-order chi connectivity index (χ0) is 13.3. The molecule has 1 N–H and O–H groups in total. The van der Waals surface area contributed by atoms with E-state index in [9.17, 15) is 18.0 Å². The van der Waals surface area contributed by atoms with Gasteiger partial charge in [-0.2, -0.15) is 13.2 Å². The number of alkyl halides is 3. The van der Waals surface area contributed by atoms with Crippen molar-refractivity contribution >= 4 is 17.0 Å². The van der Waals surface area contributed by atoms with Crippen LogP contribution in [-0.4, -0.2) is 26.0 Å². The van der Waals surface area contributed by atoms with Crippen molar-refractivity contribution in [3.63, 3.8) is 0 Å². The molecule has 0 bridgehead atoms. The highest BCUT2D eigenvalue weighted by molar-refractivity contribution is 5.82. The first-order chi connectivity index (χ1) is 8.38. The first kappa shape index (κ1) is 12.2. The third-order valence-corrected chi connectivity index (χ3v) is 2.19. The molecule has 0 radical (unpaired) electrons. The van der Waals surface area contributed by atoms with Crippen LogP contribution in [0, 0.1) is 0 Å². The number of pyridine rings is 1. The van der Waals surface area contributed by atoms with Crippen LogP contribution in [0.25, 0.3) is 11.0 Å². The van der Waals surface area contributed by atoms with Crippen molar-refractivity contribution in [1.82, 2.24) is 15.0 Å². The molecule has 0 saturated carbocycles. The van der Waals surface area contributed by atoms with E-state index in [1.54, 1.807) is 0 Å². The van der Waals surface area contributed by atoms with Gasteiger partial charge in [0.1, 0.15) is 12.0 Å². The second kappa shape index (κ2) is 4.21. The van der Waals surface area contributed by atoms with Crippen LogP contribution in [0.5, 0.6) is 0 Å². The maximum atomic E-state index is 12.4. The van der Waals surface area contributed by atoms with E-state index in [0.29, 0.717) is 0 Å². The van der Waals surface area contributed by atoms with Crippen LogP contribution in [0.15, 0.2) is 18.5 Å². The fraction of sp³-hybridized carbons (Fsp3) is 0.200. The van der Waals surface area contributed by atoms with E-state index in [1.165, 1.54) is 0 Å². The lowest BCUT2D eigenvalue weighted by atomic mass is 10.2. The monoisotopic (exact) mass is 257 g/mol. The molecule has 0 amide bonds. The van der Waals surface area contributed by atoms with Crippen molar-refractivity contribution in [3.8, 4) is 0 Å². The van der Waals surface area contributed by atoms with Crippen LogP contribution >= 0.6 is 0 Å². The van der Waals surface area contributed by atoms with E-state index < -0.39 is 24.3 Å². The molecule has 2 aromatic heterocycles. The maximum absolute atomic E-state index is 12.4. The number of aliphatic carboxylic acids is 1. The molecule has 5 nitrogen and oxygen atoms in total. The van der Waals surface area contributed by atoms with E-state index in [4.69, 9.17) is 5.11 Å². The van der Waals surface area contributed by atoms with E-state index in [2.05, 4.69) is 15.0 Å². The van der Waals surface area contributed by atoms with Crippen molar-refractivity contribution < 1.29 is 23.1 Å². The summed E-state index contributed by atoms with van der Waals surface area (Å²) in [5.74, 6) is -1.13. The van der Waals surface area contributed by atoms with Gasteiger partial charge in [0, 0.05) is 5.39 Å². The predicted octanol–water partition coefficient (Wildman–Crippen LogP) is 1.67. The minimum Gasteiger partial charge on any atom is -0.481 e. The van der Waals surface area contributed by atoms with Crippen molar-refractivity contribution in [2.75, 3.05) is 0 Å². The zero-order valence-electron chi connectivity index (χ0n) is 8.77. The third-order valence-electron chi connectivity index (χ3n) is 2.19. The molecule has 2 aromatic rings. The maximum Gasteiger partial charge on any atom is 0.433 e. The van der Waals surface area contributed by atoms with E-state index >= 15 is 0 Å². The minimum atomic E-state index is -4.56. The molecule has 0 spiro atoms. The van der Waals surface area contributed by atoms with Crippen LogP contribution in [0.4, 0.5) is 13.2 Å². The Labute approximate surface area is 98.3 Å². The lowest BCUT2D eigenvalue weighted by molar-refractivity contribution is -0.141. The van der Waals surface area contributed by atoms with Gasteiger partial charge in [-0.15, -0.1) is 0 Å². The van der Waals surface area contributed by atoms with Gasteiger partial charge in [0.05, 0.1) is 12.1 Å².